The summed E-state index contributed by atoms with van der Waals surface area (Å²) in [6.45, 7) is 2.39. The SMILES string of the molecule is CCOC(=O)CC1CCC12CC2. The minimum absolute atomic E-state index is 0.00785. The zero-order valence-electron chi connectivity index (χ0n) is 7.64. The predicted octanol–water partition coefficient (Wildman–Crippen LogP) is 2.13. The van der Waals surface area contributed by atoms with Gasteiger partial charge in [-0.05, 0) is 43.9 Å². The number of carbonyl (C=O) groups excluding carboxylic acids is 1. The molecule has 0 aromatic rings. The van der Waals surface area contributed by atoms with Crippen LogP contribution in [-0.4, -0.2) is 12.6 Å². The molecule has 0 heterocycles. The van der Waals surface area contributed by atoms with Crippen molar-refractivity contribution in [2.45, 2.75) is 39.0 Å². The lowest BCUT2D eigenvalue weighted by Crippen LogP contribution is -2.30. The summed E-state index contributed by atoms with van der Waals surface area (Å²) in [5.74, 6) is 0.671. The molecule has 0 radical (unpaired) electrons. The number of ether oxygens (including phenoxy) is 1. The Labute approximate surface area is 73.3 Å². The third-order valence-electron chi connectivity index (χ3n) is 3.47. The Morgan fingerprint density at radius 2 is 2.25 bits per heavy atom. The van der Waals surface area contributed by atoms with Gasteiger partial charge in [-0.1, -0.05) is 0 Å². The summed E-state index contributed by atoms with van der Waals surface area (Å²) >= 11 is 0. The summed E-state index contributed by atoms with van der Waals surface area (Å²) in [5.41, 5.74) is 0.618. The highest BCUT2D eigenvalue weighted by Gasteiger charge is 2.55. The van der Waals surface area contributed by atoms with Gasteiger partial charge in [0.15, 0.2) is 0 Å². The second-order valence-corrected chi connectivity index (χ2v) is 4.11. The lowest BCUT2D eigenvalue weighted by molar-refractivity contribution is -0.146. The van der Waals surface area contributed by atoms with E-state index in [1.165, 1.54) is 25.7 Å². The predicted molar refractivity (Wildman–Crippen MR) is 45.6 cm³/mol. The van der Waals surface area contributed by atoms with Gasteiger partial charge in [0.25, 0.3) is 0 Å². The van der Waals surface area contributed by atoms with Crippen molar-refractivity contribution in [3.05, 3.63) is 0 Å². The smallest absolute Gasteiger partial charge is 0.306 e. The van der Waals surface area contributed by atoms with Crippen molar-refractivity contribution in [1.29, 1.82) is 0 Å². The van der Waals surface area contributed by atoms with E-state index >= 15 is 0 Å². The Morgan fingerprint density at radius 3 is 2.67 bits per heavy atom. The molecule has 2 saturated carbocycles. The summed E-state index contributed by atoms with van der Waals surface area (Å²) in [5, 5.41) is 0. The number of carbonyl (C=O) groups is 1. The van der Waals surface area contributed by atoms with Crippen molar-refractivity contribution in [2.24, 2.45) is 11.3 Å². The molecule has 68 valence electrons. The number of hydrogen-bond acceptors (Lipinski definition) is 2. The van der Waals surface area contributed by atoms with Crippen LogP contribution in [0.3, 0.4) is 0 Å². The van der Waals surface area contributed by atoms with Gasteiger partial charge >= 0.3 is 5.97 Å². The van der Waals surface area contributed by atoms with Crippen LogP contribution in [0.25, 0.3) is 0 Å². The van der Waals surface area contributed by atoms with E-state index in [2.05, 4.69) is 0 Å². The molecule has 2 nitrogen and oxygen atoms in total. The Bertz CT molecular complexity index is 194. The third-order valence-corrected chi connectivity index (χ3v) is 3.47. The normalized spacial score (nSPS) is 29.6. The molecule has 2 rings (SSSR count). The monoisotopic (exact) mass is 168 g/mol. The Hall–Kier alpha value is -0.530. The fourth-order valence-corrected chi connectivity index (χ4v) is 2.32. The van der Waals surface area contributed by atoms with Gasteiger partial charge in [-0.25, -0.2) is 0 Å². The maximum atomic E-state index is 11.1. The van der Waals surface area contributed by atoms with Crippen LogP contribution < -0.4 is 0 Å². The van der Waals surface area contributed by atoms with E-state index in [1.807, 2.05) is 6.92 Å². The Morgan fingerprint density at radius 1 is 1.50 bits per heavy atom. The molecule has 0 amide bonds. The van der Waals surface area contributed by atoms with Crippen LogP contribution in [0.15, 0.2) is 0 Å². The van der Waals surface area contributed by atoms with Gasteiger partial charge in [0.05, 0.1) is 6.61 Å². The fraction of sp³-hybridized carbons (Fsp3) is 0.900. The van der Waals surface area contributed by atoms with Crippen molar-refractivity contribution in [3.63, 3.8) is 0 Å². The van der Waals surface area contributed by atoms with E-state index in [0.717, 1.165) is 0 Å². The summed E-state index contributed by atoms with van der Waals surface area (Å²) < 4.78 is 4.93. The summed E-state index contributed by atoms with van der Waals surface area (Å²) in [6, 6.07) is 0. The molecule has 0 N–H and O–H groups in total. The van der Waals surface area contributed by atoms with E-state index in [4.69, 9.17) is 4.74 Å². The maximum Gasteiger partial charge on any atom is 0.306 e. The zero-order valence-corrected chi connectivity index (χ0v) is 7.64. The van der Waals surface area contributed by atoms with E-state index < -0.39 is 0 Å². The highest BCUT2D eigenvalue weighted by molar-refractivity contribution is 5.70. The van der Waals surface area contributed by atoms with Gasteiger partial charge in [0.1, 0.15) is 0 Å². The largest absolute Gasteiger partial charge is 0.466 e. The molecular formula is C10H16O2. The van der Waals surface area contributed by atoms with Gasteiger partial charge in [0, 0.05) is 6.42 Å². The Kier molecular flexibility index (Phi) is 1.85. The van der Waals surface area contributed by atoms with Crippen molar-refractivity contribution >= 4 is 5.97 Å². The highest BCUT2D eigenvalue weighted by Crippen LogP contribution is 2.65. The van der Waals surface area contributed by atoms with Crippen LogP contribution in [0.1, 0.15) is 39.0 Å². The van der Waals surface area contributed by atoms with Gasteiger partial charge < -0.3 is 4.74 Å². The molecule has 1 atom stereocenters. The quantitative estimate of drug-likeness (QED) is 0.603. The topological polar surface area (TPSA) is 26.3 Å². The molecule has 0 saturated heterocycles. The van der Waals surface area contributed by atoms with E-state index in [-0.39, 0.29) is 5.97 Å². The van der Waals surface area contributed by atoms with Gasteiger partial charge in [-0.15, -0.1) is 0 Å². The number of hydrogen-bond donors (Lipinski definition) is 0. The Balaban J connectivity index is 1.76. The molecule has 0 aromatic carbocycles. The van der Waals surface area contributed by atoms with Crippen molar-refractivity contribution < 1.29 is 9.53 Å². The second kappa shape index (κ2) is 2.75. The zero-order chi connectivity index (χ0) is 8.60. The molecule has 2 aliphatic rings. The molecule has 12 heavy (non-hydrogen) atoms. The standard InChI is InChI=1S/C10H16O2/c1-2-12-9(11)7-8-3-4-10(8)5-6-10/h8H,2-7H2,1H3. The first-order chi connectivity index (χ1) is 5.77. The van der Waals surface area contributed by atoms with Crippen LogP contribution in [0.4, 0.5) is 0 Å². The molecule has 0 bridgehead atoms. The lowest BCUT2D eigenvalue weighted by atomic mass is 9.69. The first-order valence-electron chi connectivity index (χ1n) is 4.92. The van der Waals surface area contributed by atoms with Crippen molar-refractivity contribution in [3.8, 4) is 0 Å². The minimum atomic E-state index is 0.00785. The van der Waals surface area contributed by atoms with Gasteiger partial charge in [-0.2, -0.15) is 0 Å². The van der Waals surface area contributed by atoms with Gasteiger partial charge in [0.2, 0.25) is 0 Å². The van der Waals surface area contributed by atoms with Crippen LogP contribution in [0.2, 0.25) is 0 Å². The van der Waals surface area contributed by atoms with E-state index in [9.17, 15) is 4.79 Å². The van der Waals surface area contributed by atoms with Crippen molar-refractivity contribution in [1.82, 2.24) is 0 Å². The summed E-state index contributed by atoms with van der Waals surface area (Å²) in [4.78, 5) is 11.1. The maximum absolute atomic E-state index is 11.1. The third kappa shape index (κ3) is 1.23. The molecular weight excluding hydrogens is 152 g/mol. The number of rotatable bonds is 3. The van der Waals surface area contributed by atoms with Crippen LogP contribution >= 0.6 is 0 Å². The summed E-state index contributed by atoms with van der Waals surface area (Å²) in [6.07, 6.45) is 6.00. The van der Waals surface area contributed by atoms with Crippen LogP contribution in [-0.2, 0) is 9.53 Å². The van der Waals surface area contributed by atoms with E-state index in [0.29, 0.717) is 24.4 Å². The summed E-state index contributed by atoms with van der Waals surface area (Å²) in [7, 11) is 0. The van der Waals surface area contributed by atoms with Crippen molar-refractivity contribution in [2.75, 3.05) is 6.61 Å². The highest BCUT2D eigenvalue weighted by atomic mass is 16.5. The van der Waals surface area contributed by atoms with Crippen LogP contribution in [0.5, 0.6) is 0 Å². The molecule has 2 fully saturated rings. The van der Waals surface area contributed by atoms with Crippen LogP contribution in [0, 0.1) is 11.3 Å². The molecule has 1 unspecified atom stereocenters. The minimum Gasteiger partial charge on any atom is -0.466 e. The first kappa shape index (κ1) is 8.09. The average molecular weight is 168 g/mol. The fourth-order valence-electron chi connectivity index (χ4n) is 2.32. The molecule has 2 aliphatic carbocycles. The lowest BCUT2D eigenvalue weighted by Gasteiger charge is -2.36. The van der Waals surface area contributed by atoms with Gasteiger partial charge in [-0.3, -0.25) is 4.79 Å². The second-order valence-electron chi connectivity index (χ2n) is 4.11. The number of esters is 1. The average Bonchev–Trinajstić information content (AvgIpc) is 2.79. The molecule has 2 heteroatoms. The first-order valence-corrected chi connectivity index (χ1v) is 4.92. The molecule has 1 spiro atoms. The van der Waals surface area contributed by atoms with E-state index in [1.54, 1.807) is 0 Å². The molecule has 0 aromatic heterocycles. The molecule has 0 aliphatic heterocycles.